The van der Waals surface area contributed by atoms with Crippen molar-refractivity contribution in [1.82, 2.24) is 10.2 Å². The number of urea groups is 1. The van der Waals surface area contributed by atoms with Gasteiger partial charge in [0, 0.05) is 26.1 Å². The Labute approximate surface area is 158 Å². The lowest BCUT2D eigenvalue weighted by Gasteiger charge is -2.30. The fraction of sp³-hybridized carbons (Fsp3) is 0.526. The van der Waals surface area contributed by atoms with Crippen LogP contribution in [0, 0.1) is 5.92 Å². The molecule has 0 aliphatic carbocycles. The number of aliphatic carboxylic acids is 1. The fourth-order valence-electron chi connectivity index (χ4n) is 2.83. The Hall–Kier alpha value is -2.77. The quantitative estimate of drug-likeness (QED) is 0.530. The van der Waals surface area contributed by atoms with E-state index < -0.39 is 5.97 Å². The molecule has 1 aromatic carbocycles. The first-order valence-electron chi connectivity index (χ1n) is 9.03. The van der Waals surface area contributed by atoms with Crippen LogP contribution in [0.1, 0.15) is 31.2 Å². The Morgan fingerprint density at radius 2 is 1.85 bits per heavy atom. The van der Waals surface area contributed by atoms with Gasteiger partial charge in [-0.25, -0.2) is 4.79 Å². The summed E-state index contributed by atoms with van der Waals surface area (Å²) in [6.07, 6.45) is 1.89. The minimum atomic E-state index is -0.789. The van der Waals surface area contributed by atoms with E-state index in [1.54, 1.807) is 4.90 Å². The van der Waals surface area contributed by atoms with Crippen molar-refractivity contribution in [2.75, 3.05) is 26.8 Å². The number of carbonyl (C=O) groups is 3. The lowest BCUT2D eigenvalue weighted by molar-refractivity contribution is -0.143. The summed E-state index contributed by atoms with van der Waals surface area (Å²) < 4.78 is 10.1. The molecule has 2 N–H and O–H groups in total. The number of hydrogen-bond donors (Lipinski definition) is 2. The SMILES string of the molecule is COC(=O)CCCOc1ccc(CNC(=O)N2CCC(C(=O)O)CC2)cc1. The average Bonchev–Trinajstić information content (AvgIpc) is 2.70. The van der Waals surface area contributed by atoms with Gasteiger partial charge < -0.3 is 24.8 Å². The molecular weight excluding hydrogens is 352 g/mol. The van der Waals surface area contributed by atoms with Gasteiger partial charge >= 0.3 is 18.0 Å². The summed E-state index contributed by atoms with van der Waals surface area (Å²) >= 11 is 0. The summed E-state index contributed by atoms with van der Waals surface area (Å²) in [6, 6.07) is 7.19. The van der Waals surface area contributed by atoms with Crippen LogP contribution >= 0.6 is 0 Å². The van der Waals surface area contributed by atoms with Gasteiger partial charge in [-0.2, -0.15) is 0 Å². The maximum Gasteiger partial charge on any atom is 0.317 e. The molecule has 1 aliphatic rings. The first-order valence-corrected chi connectivity index (χ1v) is 9.03. The van der Waals surface area contributed by atoms with Gasteiger partial charge in [0.1, 0.15) is 5.75 Å². The van der Waals surface area contributed by atoms with Crippen LogP contribution in [0.15, 0.2) is 24.3 Å². The van der Waals surface area contributed by atoms with E-state index >= 15 is 0 Å². The molecular formula is C19H26N2O6. The van der Waals surface area contributed by atoms with Gasteiger partial charge in [-0.1, -0.05) is 12.1 Å². The van der Waals surface area contributed by atoms with Crippen molar-refractivity contribution >= 4 is 18.0 Å². The molecule has 8 nitrogen and oxygen atoms in total. The van der Waals surface area contributed by atoms with Crippen molar-refractivity contribution in [1.29, 1.82) is 0 Å². The van der Waals surface area contributed by atoms with Gasteiger partial charge in [0.25, 0.3) is 0 Å². The van der Waals surface area contributed by atoms with E-state index in [0.717, 1.165) is 5.56 Å². The van der Waals surface area contributed by atoms with Crippen molar-refractivity contribution in [3.05, 3.63) is 29.8 Å². The van der Waals surface area contributed by atoms with E-state index in [2.05, 4.69) is 10.1 Å². The van der Waals surface area contributed by atoms with Gasteiger partial charge in [-0.15, -0.1) is 0 Å². The third-order valence-electron chi connectivity index (χ3n) is 4.52. The smallest absolute Gasteiger partial charge is 0.317 e. The number of benzene rings is 1. The minimum Gasteiger partial charge on any atom is -0.494 e. The maximum atomic E-state index is 12.2. The molecule has 1 aromatic rings. The average molecular weight is 378 g/mol. The van der Waals surface area contributed by atoms with Crippen molar-refractivity contribution in [3.8, 4) is 5.75 Å². The summed E-state index contributed by atoms with van der Waals surface area (Å²) in [7, 11) is 1.36. The number of carboxylic acid groups (broad SMARTS) is 1. The zero-order valence-corrected chi connectivity index (χ0v) is 15.5. The van der Waals surface area contributed by atoms with Crippen LogP contribution in [0.5, 0.6) is 5.75 Å². The molecule has 0 atom stereocenters. The van der Waals surface area contributed by atoms with Crippen molar-refractivity contribution in [2.24, 2.45) is 5.92 Å². The molecule has 0 unspecified atom stereocenters. The summed E-state index contributed by atoms with van der Waals surface area (Å²) in [5.41, 5.74) is 0.936. The summed E-state index contributed by atoms with van der Waals surface area (Å²) in [5, 5.41) is 11.8. The number of nitrogens with one attached hydrogen (secondary N) is 1. The number of ether oxygens (including phenoxy) is 2. The van der Waals surface area contributed by atoms with E-state index in [9.17, 15) is 14.4 Å². The highest BCUT2D eigenvalue weighted by Gasteiger charge is 2.26. The van der Waals surface area contributed by atoms with Gasteiger partial charge in [-0.05, 0) is 37.0 Å². The highest BCUT2D eigenvalue weighted by molar-refractivity contribution is 5.75. The summed E-state index contributed by atoms with van der Waals surface area (Å²) in [4.78, 5) is 35.8. The normalized spacial score (nSPS) is 14.5. The number of carbonyl (C=O) groups excluding carboxylic acids is 2. The second-order valence-electron chi connectivity index (χ2n) is 6.43. The number of methoxy groups -OCH3 is 1. The topological polar surface area (TPSA) is 105 Å². The molecule has 0 aromatic heterocycles. The second-order valence-corrected chi connectivity index (χ2v) is 6.43. The number of amides is 2. The van der Waals surface area contributed by atoms with Crippen molar-refractivity contribution < 1.29 is 29.0 Å². The molecule has 1 aliphatic heterocycles. The number of hydrogen-bond acceptors (Lipinski definition) is 5. The van der Waals surface area contributed by atoms with Crippen LogP contribution in [0.25, 0.3) is 0 Å². The first kappa shape index (κ1) is 20.5. The molecule has 1 fully saturated rings. The van der Waals surface area contributed by atoms with Crippen LogP contribution in [0.4, 0.5) is 4.79 Å². The van der Waals surface area contributed by atoms with Gasteiger partial charge in [0.15, 0.2) is 0 Å². The van der Waals surface area contributed by atoms with E-state index in [1.807, 2.05) is 24.3 Å². The Balaban J connectivity index is 1.68. The number of piperidine rings is 1. The van der Waals surface area contributed by atoms with Crippen LogP contribution in [-0.4, -0.2) is 54.8 Å². The lowest BCUT2D eigenvalue weighted by atomic mass is 9.97. The van der Waals surface area contributed by atoms with Crippen LogP contribution in [0.3, 0.4) is 0 Å². The fourth-order valence-corrected chi connectivity index (χ4v) is 2.83. The van der Waals surface area contributed by atoms with Crippen LogP contribution in [0.2, 0.25) is 0 Å². The summed E-state index contributed by atoms with van der Waals surface area (Å²) in [6.45, 7) is 1.74. The van der Waals surface area contributed by atoms with Crippen molar-refractivity contribution in [3.63, 3.8) is 0 Å². The number of esters is 1. The Kier molecular flexibility index (Phi) is 7.91. The van der Waals surface area contributed by atoms with Gasteiger partial charge in [0.2, 0.25) is 0 Å². The number of likely N-dealkylation sites (tertiary alicyclic amines) is 1. The minimum absolute atomic E-state index is 0.179. The monoisotopic (exact) mass is 378 g/mol. The molecule has 148 valence electrons. The maximum absolute atomic E-state index is 12.2. The zero-order valence-electron chi connectivity index (χ0n) is 15.5. The van der Waals surface area contributed by atoms with Gasteiger partial charge in [0.05, 0.1) is 19.6 Å². The van der Waals surface area contributed by atoms with E-state index in [-0.39, 0.29) is 17.9 Å². The Bertz CT molecular complexity index is 638. The molecule has 0 bridgehead atoms. The second kappa shape index (κ2) is 10.4. The van der Waals surface area contributed by atoms with Crippen LogP contribution in [-0.2, 0) is 20.9 Å². The molecule has 2 amide bonds. The lowest BCUT2D eigenvalue weighted by Crippen LogP contribution is -2.45. The van der Waals surface area contributed by atoms with Crippen molar-refractivity contribution in [2.45, 2.75) is 32.2 Å². The van der Waals surface area contributed by atoms with E-state index in [0.29, 0.717) is 57.7 Å². The first-order chi connectivity index (χ1) is 13.0. The van der Waals surface area contributed by atoms with Gasteiger partial charge in [-0.3, -0.25) is 9.59 Å². The molecule has 27 heavy (non-hydrogen) atoms. The zero-order chi connectivity index (χ0) is 19.6. The van der Waals surface area contributed by atoms with E-state index in [4.69, 9.17) is 9.84 Å². The largest absolute Gasteiger partial charge is 0.494 e. The molecule has 1 saturated heterocycles. The molecule has 0 radical (unpaired) electrons. The third-order valence-corrected chi connectivity index (χ3v) is 4.52. The predicted molar refractivity (Wildman–Crippen MR) is 97.4 cm³/mol. The number of carboxylic acids is 1. The highest BCUT2D eigenvalue weighted by Crippen LogP contribution is 2.17. The number of nitrogens with zero attached hydrogens (tertiary/aromatic N) is 1. The number of rotatable bonds is 8. The Morgan fingerprint density at radius 3 is 2.44 bits per heavy atom. The molecule has 0 saturated carbocycles. The molecule has 0 spiro atoms. The predicted octanol–water partition coefficient (Wildman–Crippen LogP) is 2.02. The standard InChI is InChI=1S/C19H26N2O6/c1-26-17(22)3-2-12-27-16-6-4-14(5-7-16)13-20-19(25)21-10-8-15(9-11-21)18(23)24/h4-7,15H,2-3,8-13H2,1H3,(H,20,25)(H,23,24). The summed E-state index contributed by atoms with van der Waals surface area (Å²) in [5.74, 6) is -0.695. The molecule has 1 heterocycles. The molecule has 8 heteroatoms. The van der Waals surface area contributed by atoms with E-state index in [1.165, 1.54) is 7.11 Å². The Morgan fingerprint density at radius 1 is 1.19 bits per heavy atom. The molecule has 2 rings (SSSR count). The third kappa shape index (κ3) is 6.80. The highest BCUT2D eigenvalue weighted by atomic mass is 16.5. The van der Waals surface area contributed by atoms with Crippen LogP contribution < -0.4 is 10.1 Å².